The molecule has 1 aromatic rings. The van der Waals surface area contributed by atoms with Gasteiger partial charge in [0.2, 0.25) is 0 Å². The Morgan fingerprint density at radius 1 is 1.27 bits per heavy atom. The summed E-state index contributed by atoms with van der Waals surface area (Å²) < 4.78 is 33.3. The van der Waals surface area contributed by atoms with Gasteiger partial charge in [0.25, 0.3) is 0 Å². The minimum atomic E-state index is -4.11. The summed E-state index contributed by atoms with van der Waals surface area (Å²) in [4.78, 5) is 0. The standard InChI is InChI=1S/C22H32N2O5S/c1-13(24-25)10-15-5-7-19-17-6-4-14-11-21(29-30(23,26)27)20(28-3)12-18(14)16(17)8-9-22(15,19)2/h11-12,15-17,19,25H,4-10H2,1-3H3,(H2,23,26,27)/b24-13-/t15-,16+,17-,19+,22-/m1/s1. The normalized spacial score (nSPS) is 33.4. The van der Waals surface area contributed by atoms with Crippen molar-refractivity contribution in [2.24, 2.45) is 33.5 Å². The zero-order valence-electron chi connectivity index (χ0n) is 17.9. The molecule has 0 bridgehead atoms. The molecule has 5 atom stereocenters. The predicted octanol–water partition coefficient (Wildman–Crippen LogP) is 3.99. The van der Waals surface area contributed by atoms with Crippen molar-refractivity contribution >= 4 is 16.0 Å². The van der Waals surface area contributed by atoms with Gasteiger partial charge < -0.3 is 14.1 Å². The Morgan fingerprint density at radius 2 is 2.03 bits per heavy atom. The van der Waals surface area contributed by atoms with Crippen molar-refractivity contribution < 1.29 is 22.5 Å². The van der Waals surface area contributed by atoms with E-state index in [1.54, 1.807) is 6.07 Å². The second-order valence-corrected chi connectivity index (χ2v) is 10.7. The molecule has 1 aromatic carbocycles. The van der Waals surface area contributed by atoms with Crippen LogP contribution in [0.1, 0.15) is 69.4 Å². The maximum absolute atomic E-state index is 11.4. The lowest BCUT2D eigenvalue weighted by molar-refractivity contribution is 0.0302. The van der Waals surface area contributed by atoms with Crippen LogP contribution in [0.25, 0.3) is 0 Å². The summed E-state index contributed by atoms with van der Waals surface area (Å²) in [5, 5.41) is 17.6. The highest BCUT2D eigenvalue weighted by molar-refractivity contribution is 7.84. The number of ether oxygens (including phenoxy) is 1. The first-order valence-corrected chi connectivity index (χ1v) is 12.2. The molecule has 166 valence electrons. The van der Waals surface area contributed by atoms with E-state index in [0.717, 1.165) is 43.4 Å². The summed E-state index contributed by atoms with van der Waals surface area (Å²) in [5.74, 6) is 2.87. The molecule has 3 aliphatic carbocycles. The highest BCUT2D eigenvalue weighted by atomic mass is 32.2. The number of benzene rings is 1. The van der Waals surface area contributed by atoms with Gasteiger partial charge in [0.15, 0.2) is 11.5 Å². The molecule has 0 unspecified atom stereocenters. The highest BCUT2D eigenvalue weighted by Gasteiger charge is 2.54. The van der Waals surface area contributed by atoms with Gasteiger partial charge in [-0.1, -0.05) is 12.1 Å². The Bertz CT molecular complexity index is 961. The highest BCUT2D eigenvalue weighted by Crippen LogP contribution is 2.64. The molecule has 0 amide bonds. The van der Waals surface area contributed by atoms with Crippen LogP contribution in [0, 0.1) is 23.2 Å². The molecular weight excluding hydrogens is 404 g/mol. The summed E-state index contributed by atoms with van der Waals surface area (Å²) >= 11 is 0. The van der Waals surface area contributed by atoms with Crippen molar-refractivity contribution in [3.8, 4) is 11.5 Å². The first kappa shape index (κ1) is 21.4. The van der Waals surface area contributed by atoms with Crippen molar-refractivity contribution in [3.05, 3.63) is 23.3 Å². The molecule has 3 N–H and O–H groups in total. The van der Waals surface area contributed by atoms with E-state index < -0.39 is 10.3 Å². The van der Waals surface area contributed by atoms with E-state index >= 15 is 0 Å². The Hall–Kier alpha value is -1.80. The molecule has 8 heteroatoms. The molecule has 0 radical (unpaired) electrons. The molecular formula is C22H32N2O5S. The van der Waals surface area contributed by atoms with Gasteiger partial charge in [-0.05, 0) is 104 Å². The van der Waals surface area contributed by atoms with Gasteiger partial charge in [0, 0.05) is 0 Å². The van der Waals surface area contributed by atoms with Crippen LogP contribution in [0.4, 0.5) is 0 Å². The molecule has 3 aliphatic rings. The van der Waals surface area contributed by atoms with Crippen molar-refractivity contribution in [2.75, 3.05) is 7.11 Å². The van der Waals surface area contributed by atoms with Gasteiger partial charge in [-0.2, -0.15) is 13.6 Å². The zero-order valence-corrected chi connectivity index (χ0v) is 18.7. The molecule has 30 heavy (non-hydrogen) atoms. The fourth-order valence-electron chi connectivity index (χ4n) is 6.77. The average Bonchev–Trinajstić information content (AvgIpc) is 3.02. The monoisotopic (exact) mass is 436 g/mol. The molecule has 0 aromatic heterocycles. The Morgan fingerprint density at radius 3 is 2.70 bits per heavy atom. The SMILES string of the molecule is COc1cc2c(cc1OS(N)(=O)=O)CC[C@@H]1[C@@H]2CC[C@]2(C)[C@@H](C/C(C)=N\O)CC[C@@H]12. The first-order valence-electron chi connectivity index (χ1n) is 10.8. The first-order chi connectivity index (χ1) is 14.2. The van der Waals surface area contributed by atoms with Crippen molar-refractivity contribution in [2.45, 2.75) is 64.7 Å². The van der Waals surface area contributed by atoms with Crippen molar-refractivity contribution in [1.82, 2.24) is 0 Å². The van der Waals surface area contributed by atoms with Crippen LogP contribution in [-0.4, -0.2) is 26.4 Å². The second kappa shape index (κ2) is 7.71. The third-order valence-electron chi connectivity index (χ3n) is 8.12. The molecule has 0 aliphatic heterocycles. The Labute approximate surface area is 178 Å². The van der Waals surface area contributed by atoms with Crippen LogP contribution < -0.4 is 14.1 Å². The minimum Gasteiger partial charge on any atom is -0.493 e. The smallest absolute Gasteiger partial charge is 0.380 e. The van der Waals surface area contributed by atoms with Gasteiger partial charge in [-0.25, -0.2) is 0 Å². The molecule has 4 rings (SSSR count). The van der Waals surface area contributed by atoms with Gasteiger partial charge >= 0.3 is 10.3 Å². The van der Waals surface area contributed by atoms with Crippen molar-refractivity contribution in [1.29, 1.82) is 0 Å². The number of hydrogen-bond acceptors (Lipinski definition) is 6. The maximum atomic E-state index is 11.4. The Balaban J connectivity index is 1.63. The summed E-state index contributed by atoms with van der Waals surface area (Å²) in [7, 11) is -2.59. The Kier molecular flexibility index (Phi) is 5.51. The van der Waals surface area contributed by atoms with Crippen molar-refractivity contribution in [3.63, 3.8) is 0 Å². The lowest BCUT2D eigenvalue weighted by Gasteiger charge is -2.51. The van der Waals surface area contributed by atoms with Crippen LogP contribution in [0.15, 0.2) is 17.3 Å². The van der Waals surface area contributed by atoms with E-state index in [1.807, 2.05) is 13.0 Å². The molecule has 0 heterocycles. The molecule has 2 fully saturated rings. The van der Waals surface area contributed by atoms with Crippen LogP contribution in [0.3, 0.4) is 0 Å². The van der Waals surface area contributed by atoms with Gasteiger partial charge in [-0.3, -0.25) is 0 Å². The largest absolute Gasteiger partial charge is 0.493 e. The van der Waals surface area contributed by atoms with Crippen LogP contribution >= 0.6 is 0 Å². The topological polar surface area (TPSA) is 111 Å². The maximum Gasteiger partial charge on any atom is 0.380 e. The molecule has 7 nitrogen and oxygen atoms in total. The average molecular weight is 437 g/mol. The zero-order chi connectivity index (χ0) is 21.7. The lowest BCUT2D eigenvalue weighted by atomic mass is 9.54. The van der Waals surface area contributed by atoms with E-state index in [4.69, 9.17) is 19.3 Å². The quantitative estimate of drug-likeness (QED) is 0.412. The molecule has 0 saturated heterocycles. The fraction of sp³-hybridized carbons (Fsp3) is 0.682. The van der Waals surface area contributed by atoms with E-state index in [2.05, 4.69) is 12.1 Å². The van der Waals surface area contributed by atoms with Crippen LogP contribution in [0.5, 0.6) is 11.5 Å². The van der Waals surface area contributed by atoms with Crippen LogP contribution in [0.2, 0.25) is 0 Å². The van der Waals surface area contributed by atoms with E-state index in [0.29, 0.717) is 29.4 Å². The fourth-order valence-corrected chi connectivity index (χ4v) is 7.15. The number of nitrogens with two attached hydrogens (primary N) is 1. The lowest BCUT2D eigenvalue weighted by Crippen LogP contribution is -2.42. The summed E-state index contributed by atoms with van der Waals surface area (Å²) in [6, 6.07) is 3.76. The number of aryl methyl sites for hydroxylation is 1. The predicted molar refractivity (Wildman–Crippen MR) is 114 cm³/mol. The number of methoxy groups -OCH3 is 1. The summed E-state index contributed by atoms with van der Waals surface area (Å²) in [5.41, 5.74) is 3.51. The van der Waals surface area contributed by atoms with Gasteiger partial charge in [-0.15, -0.1) is 0 Å². The van der Waals surface area contributed by atoms with E-state index in [-0.39, 0.29) is 11.2 Å². The summed E-state index contributed by atoms with van der Waals surface area (Å²) in [6.07, 6.45) is 7.54. The molecule has 2 saturated carbocycles. The minimum absolute atomic E-state index is 0.164. The van der Waals surface area contributed by atoms with E-state index in [1.165, 1.54) is 25.5 Å². The van der Waals surface area contributed by atoms with Crippen LogP contribution in [-0.2, 0) is 16.7 Å². The second-order valence-electron chi connectivity index (χ2n) is 9.55. The van der Waals surface area contributed by atoms with E-state index in [9.17, 15) is 8.42 Å². The third kappa shape index (κ3) is 3.68. The number of nitrogens with zero attached hydrogens (tertiary/aromatic N) is 1. The summed E-state index contributed by atoms with van der Waals surface area (Å²) in [6.45, 7) is 4.35. The van der Waals surface area contributed by atoms with Gasteiger partial charge in [0.1, 0.15) is 0 Å². The molecule has 0 spiro atoms. The number of rotatable bonds is 5. The van der Waals surface area contributed by atoms with Gasteiger partial charge in [0.05, 0.1) is 12.8 Å². The number of fused-ring (bicyclic) bond motifs is 5. The number of oxime groups is 1. The number of hydrogen-bond donors (Lipinski definition) is 2. The third-order valence-corrected chi connectivity index (χ3v) is 8.54.